The van der Waals surface area contributed by atoms with Crippen LogP contribution in [0, 0.1) is 10.1 Å². The van der Waals surface area contributed by atoms with Gasteiger partial charge in [0.05, 0.1) is 24.2 Å². The summed E-state index contributed by atoms with van der Waals surface area (Å²) in [6.45, 7) is -0.0763. The van der Waals surface area contributed by atoms with E-state index in [0.717, 1.165) is 0 Å². The number of aliphatic hydroxyl groups excluding tert-OH is 1. The number of carbonyl (C=O) groups excluding carboxylic acids is 1. The zero-order chi connectivity index (χ0) is 15.1. The molecule has 0 aliphatic carbocycles. The molecule has 0 aliphatic heterocycles. The number of methoxy groups -OCH3 is 1. The highest BCUT2D eigenvalue weighted by Gasteiger charge is 2.19. The summed E-state index contributed by atoms with van der Waals surface area (Å²) >= 11 is 0. The summed E-state index contributed by atoms with van der Waals surface area (Å²) in [6, 6.07) is 3.48. The van der Waals surface area contributed by atoms with Crippen LogP contribution >= 0.6 is 0 Å². The van der Waals surface area contributed by atoms with Gasteiger partial charge in [-0.3, -0.25) is 14.9 Å². The number of nitro groups is 1. The van der Waals surface area contributed by atoms with E-state index < -0.39 is 11.0 Å². The Bertz CT molecular complexity index is 492. The number of rotatable bonds is 7. The normalized spacial score (nSPS) is 11.8. The second-order valence-electron chi connectivity index (χ2n) is 4.05. The van der Waals surface area contributed by atoms with Gasteiger partial charge in [-0.2, -0.15) is 0 Å². The quantitative estimate of drug-likeness (QED) is 0.492. The smallest absolute Gasteiger partial charge is 0.292 e. The topological polar surface area (TPSA) is 114 Å². The van der Waals surface area contributed by atoms with Gasteiger partial charge in [0.15, 0.2) is 0 Å². The Labute approximate surface area is 115 Å². The molecule has 0 aliphatic rings. The van der Waals surface area contributed by atoms with E-state index in [1.807, 2.05) is 0 Å². The van der Waals surface area contributed by atoms with Gasteiger partial charge in [0.25, 0.3) is 11.6 Å². The number of amides is 1. The fourth-order valence-electron chi connectivity index (χ4n) is 1.66. The first kappa shape index (κ1) is 15.9. The average molecular weight is 283 g/mol. The molecule has 0 spiro atoms. The molecule has 0 bridgehead atoms. The maximum atomic E-state index is 11.5. The van der Waals surface area contributed by atoms with E-state index in [1.54, 1.807) is 0 Å². The summed E-state index contributed by atoms with van der Waals surface area (Å²) in [5.41, 5.74) is 0.272. The minimum atomic E-state index is -0.558. The third kappa shape index (κ3) is 3.90. The summed E-state index contributed by atoms with van der Waals surface area (Å²) in [5, 5.41) is 25.4. The molecular weight excluding hydrogens is 266 g/mol. The van der Waals surface area contributed by atoms with Crippen molar-refractivity contribution in [2.75, 3.05) is 32.7 Å². The number of anilines is 1. The predicted octanol–water partition coefficient (Wildman–Crippen LogP) is 0.374. The van der Waals surface area contributed by atoms with Crippen LogP contribution in [0.3, 0.4) is 0 Å². The molecule has 0 saturated carbocycles. The van der Waals surface area contributed by atoms with Gasteiger partial charge in [-0.1, -0.05) is 0 Å². The van der Waals surface area contributed by atoms with Gasteiger partial charge in [0.1, 0.15) is 5.69 Å². The predicted molar refractivity (Wildman–Crippen MR) is 72.9 cm³/mol. The minimum Gasteiger partial charge on any atom is -0.394 e. The fraction of sp³-hybridized carbons (Fsp3) is 0.417. The van der Waals surface area contributed by atoms with Crippen LogP contribution in [0.5, 0.6) is 0 Å². The highest BCUT2D eigenvalue weighted by Crippen LogP contribution is 2.26. The molecule has 0 radical (unpaired) electrons. The van der Waals surface area contributed by atoms with Crippen molar-refractivity contribution < 1.29 is 19.6 Å². The summed E-state index contributed by atoms with van der Waals surface area (Å²) < 4.78 is 4.89. The van der Waals surface area contributed by atoms with Gasteiger partial charge in [-0.15, -0.1) is 0 Å². The summed E-state index contributed by atoms with van der Waals surface area (Å²) in [4.78, 5) is 22.0. The summed E-state index contributed by atoms with van der Waals surface area (Å²) in [6.07, 6.45) is 0. The van der Waals surface area contributed by atoms with Gasteiger partial charge in [0.2, 0.25) is 0 Å². The second kappa shape index (κ2) is 7.41. The van der Waals surface area contributed by atoms with E-state index in [4.69, 9.17) is 4.74 Å². The van der Waals surface area contributed by atoms with Crippen LogP contribution in [-0.4, -0.2) is 49.4 Å². The van der Waals surface area contributed by atoms with E-state index >= 15 is 0 Å². The molecule has 0 saturated heterocycles. The Kier molecular flexibility index (Phi) is 5.88. The number of aliphatic hydroxyl groups is 1. The van der Waals surface area contributed by atoms with Crippen LogP contribution in [0.4, 0.5) is 11.4 Å². The van der Waals surface area contributed by atoms with Crippen LogP contribution in [-0.2, 0) is 4.74 Å². The molecule has 8 heteroatoms. The third-order valence-corrected chi connectivity index (χ3v) is 2.63. The van der Waals surface area contributed by atoms with Crippen LogP contribution < -0.4 is 10.6 Å². The van der Waals surface area contributed by atoms with Gasteiger partial charge in [-0.05, 0) is 12.1 Å². The number of nitro benzene ring substituents is 1. The second-order valence-corrected chi connectivity index (χ2v) is 4.05. The van der Waals surface area contributed by atoms with E-state index in [-0.39, 0.29) is 36.1 Å². The molecule has 20 heavy (non-hydrogen) atoms. The number of benzene rings is 1. The Hall–Kier alpha value is -2.19. The number of nitrogens with zero attached hydrogens (tertiary/aromatic N) is 1. The molecule has 1 rings (SSSR count). The Balaban J connectivity index is 3.11. The molecule has 1 aromatic carbocycles. The van der Waals surface area contributed by atoms with E-state index in [1.165, 1.54) is 32.4 Å². The minimum absolute atomic E-state index is 0.159. The molecule has 1 amide bonds. The Morgan fingerprint density at radius 1 is 1.55 bits per heavy atom. The maximum Gasteiger partial charge on any atom is 0.292 e. The monoisotopic (exact) mass is 283 g/mol. The van der Waals surface area contributed by atoms with E-state index in [9.17, 15) is 20.0 Å². The largest absolute Gasteiger partial charge is 0.394 e. The van der Waals surface area contributed by atoms with Crippen molar-refractivity contribution in [1.29, 1.82) is 0 Å². The zero-order valence-electron chi connectivity index (χ0n) is 11.3. The van der Waals surface area contributed by atoms with Crippen LogP contribution in [0.1, 0.15) is 10.4 Å². The molecule has 1 aromatic rings. The Morgan fingerprint density at radius 3 is 2.75 bits per heavy atom. The van der Waals surface area contributed by atoms with Crippen molar-refractivity contribution in [1.82, 2.24) is 5.32 Å². The fourth-order valence-corrected chi connectivity index (χ4v) is 1.66. The van der Waals surface area contributed by atoms with Crippen molar-refractivity contribution >= 4 is 17.3 Å². The van der Waals surface area contributed by atoms with Crippen molar-refractivity contribution in [2.24, 2.45) is 0 Å². The SMILES string of the molecule is CNC(=O)c1ccc([N+](=O)[O-])c(NC(CO)COC)c1. The molecule has 0 heterocycles. The number of nitrogens with one attached hydrogen (secondary N) is 2. The first-order valence-electron chi connectivity index (χ1n) is 5.90. The molecule has 3 N–H and O–H groups in total. The van der Waals surface area contributed by atoms with Gasteiger partial charge in [0, 0.05) is 25.8 Å². The lowest BCUT2D eigenvalue weighted by Crippen LogP contribution is -2.29. The standard InChI is InChI=1S/C12H17N3O5/c1-13-12(17)8-3-4-11(15(18)19)10(5-8)14-9(6-16)7-20-2/h3-5,9,14,16H,6-7H2,1-2H3,(H,13,17). The van der Waals surface area contributed by atoms with Crippen molar-refractivity contribution in [3.05, 3.63) is 33.9 Å². The lowest BCUT2D eigenvalue weighted by molar-refractivity contribution is -0.384. The van der Waals surface area contributed by atoms with Gasteiger partial charge in [-0.25, -0.2) is 0 Å². The van der Waals surface area contributed by atoms with Gasteiger partial charge >= 0.3 is 0 Å². The van der Waals surface area contributed by atoms with Crippen LogP contribution in [0.2, 0.25) is 0 Å². The summed E-state index contributed by atoms with van der Waals surface area (Å²) in [5.74, 6) is -0.352. The molecule has 8 nitrogen and oxygen atoms in total. The summed E-state index contributed by atoms with van der Waals surface area (Å²) in [7, 11) is 2.93. The van der Waals surface area contributed by atoms with E-state index in [0.29, 0.717) is 0 Å². The maximum absolute atomic E-state index is 11.5. The number of hydrogen-bond acceptors (Lipinski definition) is 6. The third-order valence-electron chi connectivity index (χ3n) is 2.63. The molecule has 1 unspecified atom stereocenters. The average Bonchev–Trinajstić information content (AvgIpc) is 2.45. The molecule has 110 valence electrons. The van der Waals surface area contributed by atoms with E-state index in [2.05, 4.69) is 10.6 Å². The van der Waals surface area contributed by atoms with Gasteiger partial charge < -0.3 is 20.5 Å². The number of carbonyl (C=O) groups is 1. The number of ether oxygens (including phenoxy) is 1. The highest BCUT2D eigenvalue weighted by molar-refractivity contribution is 5.95. The van der Waals surface area contributed by atoms with Crippen LogP contribution in [0.25, 0.3) is 0 Å². The van der Waals surface area contributed by atoms with Crippen LogP contribution in [0.15, 0.2) is 18.2 Å². The number of hydrogen-bond donors (Lipinski definition) is 3. The zero-order valence-corrected chi connectivity index (χ0v) is 11.3. The lowest BCUT2D eigenvalue weighted by atomic mass is 10.1. The van der Waals surface area contributed by atoms with Crippen molar-refractivity contribution in [2.45, 2.75) is 6.04 Å². The lowest BCUT2D eigenvalue weighted by Gasteiger charge is -2.17. The van der Waals surface area contributed by atoms with Crippen molar-refractivity contribution in [3.8, 4) is 0 Å². The molecular formula is C12H17N3O5. The Morgan fingerprint density at radius 2 is 2.25 bits per heavy atom. The van der Waals surface area contributed by atoms with Crippen molar-refractivity contribution in [3.63, 3.8) is 0 Å². The highest BCUT2D eigenvalue weighted by atomic mass is 16.6. The first-order chi connectivity index (χ1) is 9.53. The molecule has 0 fully saturated rings. The molecule has 0 aromatic heterocycles. The first-order valence-corrected chi connectivity index (χ1v) is 5.90. The molecule has 1 atom stereocenters.